The molecule has 0 fully saturated rings. The van der Waals surface area contributed by atoms with Crippen LogP contribution in [0.25, 0.3) is 11.4 Å². The molecule has 0 saturated carbocycles. The summed E-state index contributed by atoms with van der Waals surface area (Å²) in [6.07, 6.45) is 1.17. The Kier molecular flexibility index (Phi) is 8.05. The van der Waals surface area contributed by atoms with Crippen LogP contribution in [0.5, 0.6) is 0 Å². The van der Waals surface area contributed by atoms with Gasteiger partial charge in [0.05, 0.1) is 18.2 Å². The van der Waals surface area contributed by atoms with Crippen LogP contribution in [0, 0.1) is 11.3 Å². The summed E-state index contributed by atoms with van der Waals surface area (Å²) in [6, 6.07) is 20.3. The van der Waals surface area contributed by atoms with Gasteiger partial charge < -0.3 is 9.47 Å². The molecule has 0 radical (unpaired) electrons. The average molecular weight is 484 g/mol. The second kappa shape index (κ2) is 11.0. The number of thioether (sulfide) groups is 1. The smallest absolute Gasteiger partial charge is 0.232 e. The van der Waals surface area contributed by atoms with E-state index in [9.17, 15) is 4.79 Å². The normalized spacial score (nSPS) is 10.6. The van der Waals surface area contributed by atoms with Crippen LogP contribution in [-0.2, 0) is 17.8 Å². The van der Waals surface area contributed by atoms with Gasteiger partial charge in [0.25, 0.3) is 0 Å². The van der Waals surface area contributed by atoms with Crippen LogP contribution in [0.4, 0.5) is 0 Å². The molecule has 0 bridgehead atoms. The van der Waals surface area contributed by atoms with Gasteiger partial charge >= 0.3 is 0 Å². The van der Waals surface area contributed by atoms with Gasteiger partial charge in [-0.25, -0.2) is 0 Å². The van der Waals surface area contributed by atoms with E-state index in [1.165, 1.54) is 17.3 Å². The third-order valence-electron chi connectivity index (χ3n) is 4.60. The highest BCUT2D eigenvalue weighted by atomic mass is 79.9. The van der Waals surface area contributed by atoms with Crippen molar-refractivity contribution in [3.8, 4) is 17.5 Å². The highest BCUT2D eigenvalue weighted by molar-refractivity contribution is 9.10. The zero-order chi connectivity index (χ0) is 21.3. The minimum Gasteiger partial charge on any atom is -0.344 e. The molecule has 30 heavy (non-hydrogen) atoms. The lowest BCUT2D eigenvalue weighted by Crippen LogP contribution is -2.29. The number of amides is 1. The van der Waals surface area contributed by atoms with Gasteiger partial charge in [0.2, 0.25) is 5.91 Å². The van der Waals surface area contributed by atoms with Crippen LogP contribution < -0.4 is 0 Å². The molecule has 6 nitrogen and oxygen atoms in total. The first-order valence-corrected chi connectivity index (χ1v) is 11.3. The van der Waals surface area contributed by atoms with E-state index in [2.05, 4.69) is 48.9 Å². The number of carbonyl (C=O) groups excluding carboxylic acids is 1. The van der Waals surface area contributed by atoms with Gasteiger partial charge in [-0.05, 0) is 24.1 Å². The molecule has 0 saturated heterocycles. The number of carbonyl (C=O) groups is 1. The quantitative estimate of drug-likeness (QED) is 0.421. The molecule has 1 amide bonds. The van der Waals surface area contributed by atoms with E-state index in [1.807, 2.05) is 42.5 Å². The van der Waals surface area contributed by atoms with E-state index in [1.54, 1.807) is 11.9 Å². The lowest BCUT2D eigenvalue weighted by Gasteiger charge is -2.15. The van der Waals surface area contributed by atoms with Crippen molar-refractivity contribution in [2.75, 3.05) is 19.3 Å². The van der Waals surface area contributed by atoms with E-state index >= 15 is 0 Å². The molecule has 1 heterocycles. The Labute approximate surface area is 189 Å². The summed E-state index contributed by atoms with van der Waals surface area (Å²) in [5.41, 5.74) is 2.21. The second-order valence-corrected chi connectivity index (χ2v) is 8.57. The summed E-state index contributed by atoms with van der Waals surface area (Å²) < 4.78 is 3.07. The number of aryl methyl sites for hydroxylation is 1. The third-order valence-corrected chi connectivity index (χ3v) is 6.08. The molecule has 0 unspecified atom stereocenters. The van der Waals surface area contributed by atoms with Gasteiger partial charge in [-0.3, -0.25) is 4.79 Å². The van der Waals surface area contributed by atoms with Crippen molar-refractivity contribution in [3.63, 3.8) is 0 Å². The standard InChI is InChI=1S/C22H22BrN5OS/c1-27(14-5-13-24)20(29)16-30-22-26-25-21(18-8-10-19(23)11-9-18)28(22)15-12-17-6-3-2-4-7-17/h2-4,6-11H,5,12,14-16H2,1H3. The lowest BCUT2D eigenvalue weighted by atomic mass is 10.1. The Morgan fingerprint density at radius 1 is 1.17 bits per heavy atom. The van der Waals surface area contributed by atoms with Gasteiger partial charge in [0.1, 0.15) is 0 Å². The van der Waals surface area contributed by atoms with E-state index < -0.39 is 0 Å². The fourth-order valence-electron chi connectivity index (χ4n) is 2.87. The van der Waals surface area contributed by atoms with Crippen LogP contribution in [0.2, 0.25) is 0 Å². The van der Waals surface area contributed by atoms with Crippen molar-refractivity contribution < 1.29 is 4.79 Å². The predicted molar refractivity (Wildman–Crippen MR) is 122 cm³/mol. The largest absolute Gasteiger partial charge is 0.344 e. The zero-order valence-corrected chi connectivity index (χ0v) is 19.1. The predicted octanol–water partition coefficient (Wildman–Crippen LogP) is 4.41. The van der Waals surface area contributed by atoms with E-state index in [-0.39, 0.29) is 11.7 Å². The Hall–Kier alpha value is -2.63. The minimum absolute atomic E-state index is 0.0296. The van der Waals surface area contributed by atoms with E-state index in [0.717, 1.165) is 22.3 Å². The molecule has 0 aliphatic rings. The maximum absolute atomic E-state index is 12.4. The topological polar surface area (TPSA) is 74.8 Å². The van der Waals surface area contributed by atoms with Crippen molar-refractivity contribution in [1.29, 1.82) is 5.26 Å². The molecule has 0 atom stereocenters. The highest BCUT2D eigenvalue weighted by Gasteiger charge is 2.17. The molecule has 3 rings (SSSR count). The van der Waals surface area contributed by atoms with E-state index in [4.69, 9.17) is 5.26 Å². The number of aromatic nitrogens is 3. The molecular weight excluding hydrogens is 462 g/mol. The molecule has 2 aromatic carbocycles. The first kappa shape index (κ1) is 22.1. The lowest BCUT2D eigenvalue weighted by molar-refractivity contribution is -0.127. The Bertz CT molecular complexity index is 1010. The van der Waals surface area contributed by atoms with Crippen LogP contribution in [0.3, 0.4) is 0 Å². The summed E-state index contributed by atoms with van der Waals surface area (Å²) in [5, 5.41) is 18.2. The second-order valence-electron chi connectivity index (χ2n) is 6.71. The SMILES string of the molecule is CN(CCC#N)C(=O)CSc1nnc(-c2ccc(Br)cc2)n1CCc1ccccc1. The maximum Gasteiger partial charge on any atom is 0.232 e. The number of rotatable bonds is 9. The minimum atomic E-state index is -0.0296. The van der Waals surface area contributed by atoms with Crippen LogP contribution in [0.15, 0.2) is 64.2 Å². The highest BCUT2D eigenvalue weighted by Crippen LogP contribution is 2.26. The Morgan fingerprint density at radius 3 is 2.60 bits per heavy atom. The number of hydrogen-bond donors (Lipinski definition) is 0. The molecule has 0 spiro atoms. The molecule has 0 aliphatic carbocycles. The van der Waals surface area contributed by atoms with Crippen molar-refractivity contribution in [2.45, 2.75) is 24.5 Å². The van der Waals surface area contributed by atoms with Crippen molar-refractivity contribution in [2.24, 2.45) is 0 Å². The molecule has 0 aliphatic heterocycles. The van der Waals surface area contributed by atoms with Crippen molar-refractivity contribution >= 4 is 33.6 Å². The summed E-state index contributed by atoms with van der Waals surface area (Å²) in [4.78, 5) is 13.9. The Balaban J connectivity index is 1.78. The van der Waals surface area contributed by atoms with E-state index in [0.29, 0.717) is 24.7 Å². The number of nitrogens with zero attached hydrogens (tertiary/aromatic N) is 5. The molecule has 3 aromatic rings. The summed E-state index contributed by atoms with van der Waals surface area (Å²) in [5.74, 6) is 1.01. The summed E-state index contributed by atoms with van der Waals surface area (Å²) in [6.45, 7) is 1.14. The van der Waals surface area contributed by atoms with Gasteiger partial charge in [-0.1, -0.05) is 70.2 Å². The van der Waals surface area contributed by atoms with Crippen molar-refractivity contribution in [3.05, 3.63) is 64.6 Å². The molecule has 154 valence electrons. The molecule has 0 N–H and O–H groups in total. The van der Waals surface area contributed by atoms with Gasteiger partial charge in [-0.15, -0.1) is 10.2 Å². The van der Waals surface area contributed by atoms with Gasteiger partial charge in [0, 0.05) is 30.2 Å². The average Bonchev–Trinajstić information content (AvgIpc) is 3.18. The summed E-state index contributed by atoms with van der Waals surface area (Å²) >= 11 is 4.84. The van der Waals surface area contributed by atoms with Gasteiger partial charge in [-0.2, -0.15) is 5.26 Å². The first-order valence-electron chi connectivity index (χ1n) is 9.55. The molecular formula is C22H22BrN5OS. The zero-order valence-electron chi connectivity index (χ0n) is 16.7. The molecule has 1 aromatic heterocycles. The van der Waals surface area contributed by atoms with Crippen molar-refractivity contribution in [1.82, 2.24) is 19.7 Å². The fraction of sp³-hybridized carbons (Fsp3) is 0.273. The first-order chi connectivity index (χ1) is 14.6. The van der Waals surface area contributed by atoms with Crippen LogP contribution >= 0.6 is 27.7 Å². The number of nitriles is 1. The van der Waals surface area contributed by atoms with Crippen LogP contribution in [0.1, 0.15) is 12.0 Å². The number of benzene rings is 2. The maximum atomic E-state index is 12.4. The number of halogens is 1. The third kappa shape index (κ3) is 5.94. The summed E-state index contributed by atoms with van der Waals surface area (Å²) in [7, 11) is 1.72. The number of hydrogen-bond acceptors (Lipinski definition) is 5. The monoisotopic (exact) mass is 483 g/mol. The Morgan fingerprint density at radius 2 is 1.90 bits per heavy atom. The molecule has 8 heteroatoms. The van der Waals surface area contributed by atoms with Crippen LogP contribution in [-0.4, -0.2) is 44.9 Å². The van der Waals surface area contributed by atoms with Gasteiger partial charge in [0.15, 0.2) is 11.0 Å². The fourth-order valence-corrected chi connectivity index (χ4v) is 4.04.